The maximum atomic E-state index is 13.4. The molecule has 2 heterocycles. The van der Waals surface area contributed by atoms with Crippen LogP contribution in [0.15, 0.2) is 60.2 Å². The number of halogens is 3. The molecule has 3 aromatic rings. The lowest BCUT2D eigenvalue weighted by molar-refractivity contribution is -0.132. The van der Waals surface area contributed by atoms with E-state index in [-0.39, 0.29) is 33.7 Å². The van der Waals surface area contributed by atoms with Crippen molar-refractivity contribution in [1.82, 2.24) is 0 Å². The van der Waals surface area contributed by atoms with Crippen LogP contribution in [0, 0.1) is 0 Å². The molecule has 5 rings (SSSR count). The molecule has 1 fully saturated rings. The number of ether oxygens (including phenoxy) is 3. The summed E-state index contributed by atoms with van der Waals surface area (Å²) >= 11 is 18.5. The Morgan fingerprint density at radius 2 is 1.69 bits per heavy atom. The number of ketones is 1. The summed E-state index contributed by atoms with van der Waals surface area (Å²) in [7, 11) is 1.37. The zero-order chi connectivity index (χ0) is 24.9. The predicted molar refractivity (Wildman–Crippen MR) is 132 cm³/mol. The average molecular weight is 533 g/mol. The van der Waals surface area contributed by atoms with Crippen LogP contribution in [0.5, 0.6) is 17.2 Å². The van der Waals surface area contributed by atoms with Crippen molar-refractivity contribution >= 4 is 57.9 Å². The molecular weight excluding hydrogens is 517 g/mol. The SMILES string of the molecule is COc1c(Cl)cc(Cl)cc1/C(O)=C1\C(=O)C(=O)N(c2ccc3c(c2)OCO3)C1c1ccc(Cl)cc1. The molecule has 35 heavy (non-hydrogen) atoms. The van der Waals surface area contributed by atoms with E-state index in [0.717, 1.165) is 0 Å². The molecule has 1 saturated heterocycles. The largest absolute Gasteiger partial charge is 0.507 e. The van der Waals surface area contributed by atoms with Gasteiger partial charge in [-0.3, -0.25) is 14.5 Å². The summed E-state index contributed by atoms with van der Waals surface area (Å²) in [4.78, 5) is 28.0. The minimum absolute atomic E-state index is 0.0491. The molecule has 1 unspecified atom stereocenters. The Bertz CT molecular complexity index is 1400. The molecule has 0 bridgehead atoms. The van der Waals surface area contributed by atoms with Gasteiger partial charge in [0.1, 0.15) is 11.5 Å². The second kappa shape index (κ2) is 9.00. The van der Waals surface area contributed by atoms with Crippen molar-refractivity contribution in [3.05, 3.63) is 86.4 Å². The van der Waals surface area contributed by atoms with E-state index < -0.39 is 23.5 Å². The van der Waals surface area contributed by atoms with Gasteiger partial charge in [-0.1, -0.05) is 46.9 Å². The van der Waals surface area contributed by atoms with Crippen LogP contribution in [0.1, 0.15) is 17.2 Å². The van der Waals surface area contributed by atoms with E-state index in [1.165, 1.54) is 24.1 Å². The molecule has 178 valence electrons. The number of nitrogens with zero attached hydrogens (tertiary/aromatic N) is 1. The van der Waals surface area contributed by atoms with E-state index in [1.54, 1.807) is 42.5 Å². The molecule has 7 nitrogen and oxygen atoms in total. The highest BCUT2D eigenvalue weighted by Gasteiger charge is 2.47. The van der Waals surface area contributed by atoms with Crippen molar-refractivity contribution in [2.45, 2.75) is 6.04 Å². The standard InChI is InChI=1S/C25H16Cl3NO6/c1-33-24-16(8-14(27)9-17(24)28)22(30)20-21(12-2-4-13(26)5-3-12)29(25(32)23(20)31)15-6-7-18-19(10-15)35-11-34-18/h2-10,21,30H,11H2,1H3/b22-20+. The zero-order valence-electron chi connectivity index (χ0n) is 18.1. The fourth-order valence-electron chi connectivity index (χ4n) is 4.18. The Balaban J connectivity index is 1.75. The van der Waals surface area contributed by atoms with Crippen molar-refractivity contribution in [3.8, 4) is 17.2 Å². The summed E-state index contributed by atoms with van der Waals surface area (Å²) in [6.07, 6.45) is 0. The summed E-state index contributed by atoms with van der Waals surface area (Å²) < 4.78 is 16.2. The van der Waals surface area contributed by atoms with Crippen molar-refractivity contribution in [3.63, 3.8) is 0 Å². The first-order valence-corrected chi connectivity index (χ1v) is 11.4. The number of carbonyl (C=O) groups excluding carboxylic acids is 2. The number of hydrogen-bond acceptors (Lipinski definition) is 6. The lowest BCUT2D eigenvalue weighted by atomic mass is 9.95. The van der Waals surface area contributed by atoms with Gasteiger partial charge in [-0.05, 0) is 42.0 Å². The monoisotopic (exact) mass is 531 g/mol. The Labute approximate surface area is 215 Å². The lowest BCUT2D eigenvalue weighted by Gasteiger charge is -2.26. The fraction of sp³-hybridized carbons (Fsp3) is 0.120. The van der Waals surface area contributed by atoms with Crippen LogP contribution in [0.3, 0.4) is 0 Å². The first-order valence-electron chi connectivity index (χ1n) is 10.3. The number of amides is 1. The van der Waals surface area contributed by atoms with E-state index in [2.05, 4.69) is 0 Å². The summed E-state index contributed by atoms with van der Waals surface area (Å²) in [5.74, 6) is -1.14. The van der Waals surface area contributed by atoms with E-state index in [0.29, 0.717) is 27.8 Å². The van der Waals surface area contributed by atoms with Crippen LogP contribution in [0.4, 0.5) is 5.69 Å². The maximum absolute atomic E-state index is 13.4. The summed E-state index contributed by atoms with van der Waals surface area (Å²) in [6, 6.07) is 13.4. The van der Waals surface area contributed by atoms with Crippen molar-refractivity contribution in [2.75, 3.05) is 18.8 Å². The molecule has 0 saturated carbocycles. The van der Waals surface area contributed by atoms with Crippen LogP contribution in [0.2, 0.25) is 15.1 Å². The van der Waals surface area contributed by atoms with E-state index in [4.69, 9.17) is 49.0 Å². The third kappa shape index (κ3) is 3.95. The van der Waals surface area contributed by atoms with Crippen LogP contribution >= 0.6 is 34.8 Å². The number of anilines is 1. The number of carbonyl (C=O) groups is 2. The molecule has 3 aromatic carbocycles. The van der Waals surface area contributed by atoms with Crippen LogP contribution < -0.4 is 19.1 Å². The summed E-state index contributed by atoms with van der Waals surface area (Å²) in [6.45, 7) is 0.0491. The lowest BCUT2D eigenvalue weighted by Crippen LogP contribution is -2.29. The first kappa shape index (κ1) is 23.4. The van der Waals surface area contributed by atoms with E-state index in [1.807, 2.05) is 0 Å². The number of benzene rings is 3. The van der Waals surface area contributed by atoms with E-state index in [9.17, 15) is 14.7 Å². The van der Waals surface area contributed by atoms with Crippen LogP contribution in [0.25, 0.3) is 5.76 Å². The topological polar surface area (TPSA) is 85.3 Å². The Kier molecular flexibility index (Phi) is 6.01. The van der Waals surface area contributed by atoms with Gasteiger partial charge >= 0.3 is 0 Å². The molecule has 1 N–H and O–H groups in total. The van der Waals surface area contributed by atoms with Gasteiger partial charge in [0.25, 0.3) is 11.7 Å². The number of methoxy groups -OCH3 is 1. The molecule has 1 atom stereocenters. The van der Waals surface area contributed by atoms with Gasteiger partial charge < -0.3 is 19.3 Å². The predicted octanol–water partition coefficient (Wildman–Crippen LogP) is 6.01. The Hall–Kier alpha value is -3.39. The molecule has 10 heteroatoms. The number of hydrogen-bond donors (Lipinski definition) is 1. The van der Waals surface area contributed by atoms with Gasteiger partial charge in [0.2, 0.25) is 6.79 Å². The van der Waals surface area contributed by atoms with Crippen molar-refractivity contribution in [1.29, 1.82) is 0 Å². The molecule has 0 aromatic heterocycles. The van der Waals surface area contributed by atoms with Gasteiger partial charge in [-0.25, -0.2) is 0 Å². The van der Waals surface area contributed by atoms with Gasteiger partial charge in [0.05, 0.1) is 29.3 Å². The molecule has 2 aliphatic heterocycles. The summed E-state index contributed by atoms with van der Waals surface area (Å²) in [5, 5.41) is 12.2. The van der Waals surface area contributed by atoms with Crippen LogP contribution in [-0.2, 0) is 9.59 Å². The van der Waals surface area contributed by atoms with E-state index >= 15 is 0 Å². The molecule has 1 amide bonds. The number of rotatable bonds is 4. The quantitative estimate of drug-likeness (QED) is 0.252. The maximum Gasteiger partial charge on any atom is 0.300 e. The third-order valence-electron chi connectivity index (χ3n) is 5.73. The highest BCUT2D eigenvalue weighted by molar-refractivity contribution is 6.52. The van der Waals surface area contributed by atoms with Gasteiger partial charge in [-0.15, -0.1) is 0 Å². The smallest absolute Gasteiger partial charge is 0.300 e. The molecule has 0 spiro atoms. The molecule has 0 aliphatic carbocycles. The number of aliphatic hydroxyl groups excluding tert-OH is 1. The number of Topliss-reactive ketones (excluding diaryl/α,β-unsaturated/α-hetero) is 1. The molecular formula is C25H16Cl3NO6. The van der Waals surface area contributed by atoms with Crippen LogP contribution in [-0.4, -0.2) is 30.7 Å². The minimum Gasteiger partial charge on any atom is -0.507 e. The first-order chi connectivity index (χ1) is 16.8. The second-order valence-electron chi connectivity index (χ2n) is 7.73. The Morgan fingerprint density at radius 1 is 0.971 bits per heavy atom. The summed E-state index contributed by atoms with van der Waals surface area (Å²) in [5.41, 5.74) is 0.839. The van der Waals surface area contributed by atoms with Gasteiger partial charge in [-0.2, -0.15) is 0 Å². The second-order valence-corrected chi connectivity index (χ2v) is 9.01. The van der Waals surface area contributed by atoms with Crippen molar-refractivity contribution < 1.29 is 28.9 Å². The Morgan fingerprint density at radius 3 is 2.40 bits per heavy atom. The third-order valence-corrected chi connectivity index (χ3v) is 6.48. The average Bonchev–Trinajstić information content (AvgIpc) is 3.40. The zero-order valence-corrected chi connectivity index (χ0v) is 20.3. The number of aliphatic hydroxyl groups is 1. The molecule has 2 aliphatic rings. The fourth-order valence-corrected chi connectivity index (χ4v) is 4.88. The minimum atomic E-state index is -0.991. The number of fused-ring (bicyclic) bond motifs is 1. The van der Waals surface area contributed by atoms with Gasteiger partial charge in [0, 0.05) is 21.8 Å². The van der Waals surface area contributed by atoms with Gasteiger partial charge in [0.15, 0.2) is 11.5 Å². The highest BCUT2D eigenvalue weighted by Crippen LogP contribution is 2.46. The normalized spacial score (nSPS) is 18.3. The molecule has 0 radical (unpaired) electrons. The van der Waals surface area contributed by atoms with Crippen molar-refractivity contribution in [2.24, 2.45) is 0 Å². The highest BCUT2D eigenvalue weighted by atomic mass is 35.5.